The number of carboxylic acids is 1. The molecular formula is C13H10N4O2S. The fraction of sp³-hybridized carbons (Fsp3) is 0.0769. The molecule has 0 saturated heterocycles. The van der Waals surface area contributed by atoms with Crippen molar-refractivity contribution in [1.82, 2.24) is 19.9 Å². The monoisotopic (exact) mass is 286 g/mol. The van der Waals surface area contributed by atoms with Gasteiger partial charge in [-0.2, -0.15) is 0 Å². The molecule has 0 fully saturated rings. The van der Waals surface area contributed by atoms with Gasteiger partial charge in [0.1, 0.15) is 16.9 Å². The predicted octanol–water partition coefficient (Wildman–Crippen LogP) is 2.51. The van der Waals surface area contributed by atoms with Crippen molar-refractivity contribution >= 4 is 28.9 Å². The molecule has 2 aromatic heterocycles. The van der Waals surface area contributed by atoms with Crippen molar-refractivity contribution in [3.8, 4) is 0 Å². The van der Waals surface area contributed by atoms with Crippen molar-refractivity contribution in [3.05, 3.63) is 42.0 Å². The molecule has 0 spiro atoms. The molecule has 0 bridgehead atoms. The minimum atomic E-state index is -0.928. The number of aryl methyl sites for hydroxylation is 1. The van der Waals surface area contributed by atoms with Gasteiger partial charge in [-0.15, -0.1) is 0 Å². The van der Waals surface area contributed by atoms with Crippen LogP contribution in [0.15, 0.2) is 40.8 Å². The number of H-pyrrole nitrogens is 1. The molecule has 0 radical (unpaired) electrons. The van der Waals surface area contributed by atoms with E-state index in [2.05, 4.69) is 19.9 Å². The van der Waals surface area contributed by atoms with Crippen molar-refractivity contribution in [2.24, 2.45) is 0 Å². The Morgan fingerprint density at radius 3 is 2.90 bits per heavy atom. The standard InChI is InChI=1S/C13H10N4O2S/c1-7-4-8(13(18)19)2-3-9(7)20-12-10-11(15-5-14-10)16-6-17-12/h2-6H,1H3,(H,18,19)(H,14,15,16,17). The second kappa shape index (κ2) is 4.93. The highest BCUT2D eigenvalue weighted by Crippen LogP contribution is 2.32. The molecule has 0 atom stereocenters. The van der Waals surface area contributed by atoms with Crippen molar-refractivity contribution < 1.29 is 9.90 Å². The average molecular weight is 286 g/mol. The molecule has 0 saturated carbocycles. The lowest BCUT2D eigenvalue weighted by Gasteiger charge is -2.06. The zero-order chi connectivity index (χ0) is 14.1. The molecule has 1 aromatic carbocycles. The first-order valence-corrected chi connectivity index (χ1v) is 6.62. The fourth-order valence-corrected chi connectivity index (χ4v) is 2.74. The first kappa shape index (κ1) is 12.6. The predicted molar refractivity (Wildman–Crippen MR) is 73.9 cm³/mol. The van der Waals surface area contributed by atoms with Gasteiger partial charge in [-0.1, -0.05) is 11.8 Å². The summed E-state index contributed by atoms with van der Waals surface area (Å²) in [5.74, 6) is -0.928. The van der Waals surface area contributed by atoms with Crippen LogP contribution in [0.5, 0.6) is 0 Å². The molecule has 7 heteroatoms. The van der Waals surface area contributed by atoms with E-state index in [1.54, 1.807) is 24.5 Å². The highest BCUT2D eigenvalue weighted by Gasteiger charge is 2.11. The van der Waals surface area contributed by atoms with E-state index in [1.165, 1.54) is 18.1 Å². The summed E-state index contributed by atoms with van der Waals surface area (Å²) in [5.41, 5.74) is 2.56. The van der Waals surface area contributed by atoms with E-state index in [0.717, 1.165) is 21.0 Å². The van der Waals surface area contributed by atoms with E-state index >= 15 is 0 Å². The number of hydrogen-bond donors (Lipinski definition) is 2. The van der Waals surface area contributed by atoms with Crippen LogP contribution in [0.2, 0.25) is 0 Å². The zero-order valence-electron chi connectivity index (χ0n) is 10.5. The molecule has 100 valence electrons. The third-order valence-electron chi connectivity index (χ3n) is 2.82. The molecule has 6 nitrogen and oxygen atoms in total. The van der Waals surface area contributed by atoms with Gasteiger partial charge in [0, 0.05) is 4.90 Å². The first-order chi connectivity index (χ1) is 9.65. The van der Waals surface area contributed by atoms with Crippen LogP contribution in [0, 0.1) is 6.92 Å². The number of fused-ring (bicyclic) bond motifs is 1. The highest BCUT2D eigenvalue weighted by atomic mass is 32.2. The molecule has 3 rings (SSSR count). The lowest BCUT2D eigenvalue weighted by Crippen LogP contribution is -1.97. The first-order valence-electron chi connectivity index (χ1n) is 5.81. The van der Waals surface area contributed by atoms with Crippen LogP contribution < -0.4 is 0 Å². The topological polar surface area (TPSA) is 91.8 Å². The van der Waals surface area contributed by atoms with Crippen LogP contribution in [0.4, 0.5) is 0 Å². The summed E-state index contributed by atoms with van der Waals surface area (Å²) in [6.45, 7) is 1.88. The number of imidazole rings is 1. The van der Waals surface area contributed by atoms with Crippen LogP contribution in [0.3, 0.4) is 0 Å². The molecule has 0 aliphatic carbocycles. The Morgan fingerprint density at radius 1 is 1.30 bits per heavy atom. The molecule has 3 aromatic rings. The molecular weight excluding hydrogens is 276 g/mol. The Morgan fingerprint density at radius 2 is 2.15 bits per heavy atom. The van der Waals surface area contributed by atoms with Crippen molar-refractivity contribution in [2.45, 2.75) is 16.8 Å². The molecule has 0 aliphatic heterocycles. The van der Waals surface area contributed by atoms with E-state index in [0.29, 0.717) is 5.65 Å². The van der Waals surface area contributed by atoms with Gasteiger partial charge in [-0.25, -0.2) is 19.7 Å². The Hall–Kier alpha value is -2.41. The van der Waals surface area contributed by atoms with Crippen LogP contribution in [-0.2, 0) is 0 Å². The van der Waals surface area contributed by atoms with Gasteiger partial charge in [-0.05, 0) is 30.7 Å². The molecule has 2 heterocycles. The molecule has 2 N–H and O–H groups in total. The third kappa shape index (κ3) is 2.23. The number of aromatic amines is 1. The van der Waals surface area contributed by atoms with Crippen molar-refractivity contribution in [2.75, 3.05) is 0 Å². The fourth-order valence-electron chi connectivity index (χ4n) is 1.82. The highest BCUT2D eigenvalue weighted by molar-refractivity contribution is 7.99. The summed E-state index contributed by atoms with van der Waals surface area (Å²) in [6.07, 6.45) is 3.04. The number of benzene rings is 1. The van der Waals surface area contributed by atoms with Gasteiger partial charge in [-0.3, -0.25) is 0 Å². The second-order valence-electron chi connectivity index (χ2n) is 4.17. The largest absolute Gasteiger partial charge is 0.478 e. The van der Waals surface area contributed by atoms with Gasteiger partial charge in [0.15, 0.2) is 5.65 Å². The quantitative estimate of drug-likeness (QED) is 0.719. The SMILES string of the molecule is Cc1cc(C(=O)O)ccc1Sc1ncnc2nc[nH]c12. The number of aromatic nitrogens is 4. The summed E-state index contributed by atoms with van der Waals surface area (Å²) in [6, 6.07) is 5.02. The van der Waals surface area contributed by atoms with Crippen LogP contribution in [0.25, 0.3) is 11.2 Å². The summed E-state index contributed by atoms with van der Waals surface area (Å²) >= 11 is 1.45. The van der Waals surface area contributed by atoms with E-state index in [4.69, 9.17) is 5.11 Å². The molecule has 20 heavy (non-hydrogen) atoms. The summed E-state index contributed by atoms with van der Waals surface area (Å²) < 4.78 is 0. The summed E-state index contributed by atoms with van der Waals surface area (Å²) in [4.78, 5) is 27.3. The minimum absolute atomic E-state index is 0.279. The van der Waals surface area contributed by atoms with E-state index < -0.39 is 5.97 Å². The van der Waals surface area contributed by atoms with E-state index in [9.17, 15) is 4.79 Å². The van der Waals surface area contributed by atoms with Crippen LogP contribution in [-0.4, -0.2) is 31.0 Å². The van der Waals surface area contributed by atoms with Gasteiger partial charge >= 0.3 is 5.97 Å². The van der Waals surface area contributed by atoms with Crippen LogP contribution in [0.1, 0.15) is 15.9 Å². The maximum Gasteiger partial charge on any atom is 0.335 e. The average Bonchev–Trinajstić information content (AvgIpc) is 2.90. The number of rotatable bonds is 3. The van der Waals surface area contributed by atoms with Crippen molar-refractivity contribution in [1.29, 1.82) is 0 Å². The Labute approximate surface area is 118 Å². The number of carbonyl (C=O) groups is 1. The smallest absolute Gasteiger partial charge is 0.335 e. The number of nitrogens with zero attached hydrogens (tertiary/aromatic N) is 3. The summed E-state index contributed by atoms with van der Waals surface area (Å²) in [7, 11) is 0. The van der Waals surface area contributed by atoms with Crippen LogP contribution >= 0.6 is 11.8 Å². The number of nitrogens with one attached hydrogen (secondary N) is 1. The Bertz CT molecular complexity index is 800. The number of carboxylic acid groups (broad SMARTS) is 1. The maximum absolute atomic E-state index is 10.9. The van der Waals surface area contributed by atoms with E-state index in [1.807, 2.05) is 6.92 Å². The minimum Gasteiger partial charge on any atom is -0.478 e. The second-order valence-corrected chi connectivity index (χ2v) is 5.20. The van der Waals surface area contributed by atoms with Gasteiger partial charge in [0.05, 0.1) is 11.9 Å². The lowest BCUT2D eigenvalue weighted by atomic mass is 10.1. The van der Waals surface area contributed by atoms with Gasteiger partial charge in [0.25, 0.3) is 0 Å². The van der Waals surface area contributed by atoms with Gasteiger partial charge < -0.3 is 10.1 Å². The Balaban J connectivity index is 1.99. The zero-order valence-corrected chi connectivity index (χ0v) is 11.3. The normalized spacial score (nSPS) is 10.8. The Kier molecular flexibility index (Phi) is 3.11. The maximum atomic E-state index is 10.9. The molecule has 0 unspecified atom stereocenters. The molecule has 0 aliphatic rings. The van der Waals surface area contributed by atoms with E-state index in [-0.39, 0.29) is 5.56 Å². The summed E-state index contributed by atoms with van der Waals surface area (Å²) in [5, 5.41) is 9.73. The third-order valence-corrected chi connectivity index (χ3v) is 4.00. The number of hydrogen-bond acceptors (Lipinski definition) is 5. The number of aromatic carboxylic acids is 1. The molecule has 0 amide bonds. The lowest BCUT2D eigenvalue weighted by molar-refractivity contribution is 0.0696. The van der Waals surface area contributed by atoms with Gasteiger partial charge in [0.2, 0.25) is 0 Å². The van der Waals surface area contributed by atoms with Crippen molar-refractivity contribution in [3.63, 3.8) is 0 Å².